The van der Waals surface area contributed by atoms with Crippen LogP contribution in [0.2, 0.25) is 0 Å². The molecule has 2 aromatic heterocycles. The lowest BCUT2D eigenvalue weighted by molar-refractivity contribution is -0.169. The van der Waals surface area contributed by atoms with Gasteiger partial charge in [0.25, 0.3) is 0 Å². The third-order valence-corrected chi connectivity index (χ3v) is 4.89. The standard InChI is InChI=1S/C20H26N4O8/c1-5-12(25)29-8-11-16(31-13(26)6-2)17(32-14(27)7-3)20(30-11)24-10-23-15-18(24)21-9-22-19(15)28-4/h9-11,16-17,20H,5-8H2,1-4H3/t11-,16-,17+,20-/m1/s1. The molecule has 0 spiro atoms. The average Bonchev–Trinajstić information content (AvgIpc) is 3.38. The van der Waals surface area contributed by atoms with Crippen LogP contribution in [0.25, 0.3) is 11.2 Å². The number of hydrogen-bond acceptors (Lipinski definition) is 11. The fraction of sp³-hybridized carbons (Fsp3) is 0.600. The van der Waals surface area contributed by atoms with Crippen LogP contribution in [-0.2, 0) is 33.3 Å². The van der Waals surface area contributed by atoms with E-state index in [2.05, 4.69) is 15.0 Å². The van der Waals surface area contributed by atoms with Crippen LogP contribution >= 0.6 is 0 Å². The maximum atomic E-state index is 12.2. The average molecular weight is 450 g/mol. The van der Waals surface area contributed by atoms with Crippen molar-refractivity contribution in [2.45, 2.75) is 64.6 Å². The maximum absolute atomic E-state index is 12.2. The minimum atomic E-state index is -1.03. The van der Waals surface area contributed by atoms with Gasteiger partial charge in [0.15, 0.2) is 29.6 Å². The minimum Gasteiger partial charge on any atom is -0.479 e. The number of carbonyl (C=O) groups excluding carboxylic acids is 3. The molecular weight excluding hydrogens is 424 g/mol. The Hall–Kier alpha value is -3.28. The lowest BCUT2D eigenvalue weighted by Gasteiger charge is -2.24. The minimum absolute atomic E-state index is 0.105. The number of nitrogens with zero attached hydrogens (tertiary/aromatic N) is 4. The van der Waals surface area contributed by atoms with Gasteiger partial charge in [0.1, 0.15) is 19.0 Å². The van der Waals surface area contributed by atoms with E-state index in [9.17, 15) is 14.4 Å². The highest BCUT2D eigenvalue weighted by molar-refractivity contribution is 5.76. The van der Waals surface area contributed by atoms with E-state index in [1.54, 1.807) is 25.3 Å². The number of imidazole rings is 1. The fourth-order valence-electron chi connectivity index (χ4n) is 3.25. The number of rotatable bonds is 9. The smallest absolute Gasteiger partial charge is 0.306 e. The van der Waals surface area contributed by atoms with Gasteiger partial charge in [-0.1, -0.05) is 20.8 Å². The van der Waals surface area contributed by atoms with E-state index in [4.69, 9.17) is 23.7 Å². The summed E-state index contributed by atoms with van der Waals surface area (Å²) in [4.78, 5) is 48.5. The summed E-state index contributed by atoms with van der Waals surface area (Å²) in [5.41, 5.74) is 0.744. The first kappa shape index (κ1) is 23.4. The van der Waals surface area contributed by atoms with Gasteiger partial charge in [-0.2, -0.15) is 4.98 Å². The van der Waals surface area contributed by atoms with Gasteiger partial charge in [0.05, 0.1) is 13.4 Å². The first-order valence-corrected chi connectivity index (χ1v) is 10.3. The van der Waals surface area contributed by atoms with Crippen molar-refractivity contribution in [1.29, 1.82) is 0 Å². The zero-order valence-corrected chi connectivity index (χ0v) is 18.3. The van der Waals surface area contributed by atoms with E-state index in [1.807, 2.05) is 0 Å². The van der Waals surface area contributed by atoms with Crippen LogP contribution in [0.5, 0.6) is 5.88 Å². The summed E-state index contributed by atoms with van der Waals surface area (Å²) in [5, 5.41) is 0. The van der Waals surface area contributed by atoms with Crippen molar-refractivity contribution in [2.75, 3.05) is 13.7 Å². The molecule has 1 aliphatic heterocycles. The van der Waals surface area contributed by atoms with Crippen molar-refractivity contribution in [1.82, 2.24) is 19.5 Å². The van der Waals surface area contributed by atoms with Crippen LogP contribution in [0.1, 0.15) is 46.3 Å². The number of ether oxygens (including phenoxy) is 5. The first-order valence-electron chi connectivity index (χ1n) is 10.3. The summed E-state index contributed by atoms with van der Waals surface area (Å²) in [6.07, 6.45) is -0.724. The van der Waals surface area contributed by atoms with E-state index >= 15 is 0 Å². The first-order chi connectivity index (χ1) is 15.4. The Kier molecular flexibility index (Phi) is 7.57. The molecule has 1 saturated heterocycles. The second kappa shape index (κ2) is 10.4. The molecule has 0 radical (unpaired) electrons. The Morgan fingerprint density at radius 3 is 2.25 bits per heavy atom. The van der Waals surface area contributed by atoms with Crippen molar-refractivity contribution in [3.05, 3.63) is 12.7 Å². The molecule has 32 heavy (non-hydrogen) atoms. The lowest BCUT2D eigenvalue weighted by Crippen LogP contribution is -2.41. The molecule has 0 bridgehead atoms. The second-order valence-corrected chi connectivity index (χ2v) is 6.92. The van der Waals surface area contributed by atoms with Crippen LogP contribution in [0, 0.1) is 0 Å². The van der Waals surface area contributed by atoms with Crippen LogP contribution < -0.4 is 4.74 Å². The van der Waals surface area contributed by atoms with Crippen molar-refractivity contribution in [3.63, 3.8) is 0 Å². The van der Waals surface area contributed by atoms with Gasteiger partial charge in [-0.05, 0) is 0 Å². The summed E-state index contributed by atoms with van der Waals surface area (Å²) in [6.45, 7) is 4.76. The van der Waals surface area contributed by atoms with Gasteiger partial charge < -0.3 is 23.7 Å². The van der Waals surface area contributed by atoms with Crippen molar-refractivity contribution in [2.24, 2.45) is 0 Å². The highest BCUT2D eigenvalue weighted by atomic mass is 16.7. The van der Waals surface area contributed by atoms with Crippen LogP contribution in [0.15, 0.2) is 12.7 Å². The highest BCUT2D eigenvalue weighted by Gasteiger charge is 2.51. The maximum Gasteiger partial charge on any atom is 0.306 e. The lowest BCUT2D eigenvalue weighted by atomic mass is 10.1. The Balaban J connectivity index is 2.01. The molecule has 3 rings (SSSR count). The van der Waals surface area contributed by atoms with E-state index in [0.717, 1.165) is 0 Å². The molecule has 1 aliphatic rings. The van der Waals surface area contributed by atoms with Crippen molar-refractivity contribution < 1.29 is 38.1 Å². The molecule has 0 N–H and O–H groups in total. The predicted molar refractivity (Wildman–Crippen MR) is 107 cm³/mol. The van der Waals surface area contributed by atoms with E-state index < -0.39 is 42.4 Å². The Bertz CT molecular complexity index is 978. The molecule has 4 atom stereocenters. The van der Waals surface area contributed by atoms with Crippen LogP contribution in [0.4, 0.5) is 0 Å². The van der Waals surface area contributed by atoms with Crippen LogP contribution in [-0.4, -0.2) is 69.5 Å². The zero-order chi connectivity index (χ0) is 23.3. The topological polar surface area (TPSA) is 141 Å². The van der Waals surface area contributed by atoms with Gasteiger partial charge in [-0.15, -0.1) is 0 Å². The zero-order valence-electron chi connectivity index (χ0n) is 18.3. The van der Waals surface area contributed by atoms with Gasteiger partial charge in [-0.3, -0.25) is 19.0 Å². The second-order valence-electron chi connectivity index (χ2n) is 6.92. The van der Waals surface area contributed by atoms with Gasteiger partial charge in [0.2, 0.25) is 5.88 Å². The normalized spacial score (nSPS) is 22.5. The van der Waals surface area contributed by atoms with Gasteiger partial charge in [-0.25, -0.2) is 9.97 Å². The van der Waals surface area contributed by atoms with Crippen molar-refractivity contribution in [3.8, 4) is 5.88 Å². The molecule has 0 aliphatic carbocycles. The molecule has 0 aromatic carbocycles. The fourth-order valence-corrected chi connectivity index (χ4v) is 3.25. The number of carbonyl (C=O) groups is 3. The Morgan fingerprint density at radius 1 is 0.969 bits per heavy atom. The number of methoxy groups -OCH3 is 1. The monoisotopic (exact) mass is 450 g/mol. The molecule has 12 heteroatoms. The van der Waals surface area contributed by atoms with Gasteiger partial charge in [0, 0.05) is 19.3 Å². The van der Waals surface area contributed by atoms with E-state index in [-0.39, 0.29) is 31.7 Å². The number of hydrogen-bond donors (Lipinski definition) is 0. The molecule has 12 nitrogen and oxygen atoms in total. The molecule has 0 amide bonds. The molecule has 174 valence electrons. The van der Waals surface area contributed by atoms with Gasteiger partial charge >= 0.3 is 17.9 Å². The molecule has 2 aromatic rings. The summed E-state index contributed by atoms with van der Waals surface area (Å²) in [7, 11) is 1.46. The summed E-state index contributed by atoms with van der Waals surface area (Å²) in [5.74, 6) is -1.20. The molecule has 0 saturated carbocycles. The third kappa shape index (κ3) is 4.79. The Labute approximate surface area is 184 Å². The van der Waals surface area contributed by atoms with Crippen LogP contribution in [0.3, 0.4) is 0 Å². The molecular formula is C20H26N4O8. The highest BCUT2D eigenvalue weighted by Crippen LogP contribution is 2.36. The Morgan fingerprint density at radius 2 is 1.62 bits per heavy atom. The van der Waals surface area contributed by atoms with E-state index in [1.165, 1.54) is 19.8 Å². The SMILES string of the molecule is CCC(=O)OC[C@H]1O[C@@H](n2cnc3c(OC)ncnc32)[C@@H](OC(=O)CC)[C@@H]1OC(=O)CC. The molecule has 3 heterocycles. The van der Waals surface area contributed by atoms with Crippen molar-refractivity contribution >= 4 is 29.1 Å². The molecule has 1 fully saturated rings. The molecule has 0 unspecified atom stereocenters. The number of esters is 3. The largest absolute Gasteiger partial charge is 0.479 e. The number of aromatic nitrogens is 4. The number of fused-ring (bicyclic) bond motifs is 1. The predicted octanol–water partition coefficient (Wildman–Crippen LogP) is 1.33. The third-order valence-electron chi connectivity index (χ3n) is 4.89. The van der Waals surface area contributed by atoms with E-state index in [0.29, 0.717) is 11.2 Å². The quantitative estimate of drug-likeness (QED) is 0.403. The summed E-state index contributed by atoms with van der Waals surface area (Å²) in [6, 6.07) is 0. The summed E-state index contributed by atoms with van der Waals surface area (Å²) < 4.78 is 29.3. The summed E-state index contributed by atoms with van der Waals surface area (Å²) >= 11 is 0.